The number of rotatable bonds is 4. The summed E-state index contributed by atoms with van der Waals surface area (Å²) >= 11 is 0. The zero-order chi connectivity index (χ0) is 12.8. The van der Waals surface area contributed by atoms with Crippen LogP contribution in [0.1, 0.15) is 40.5 Å². The Labute approximate surface area is 106 Å². The highest BCUT2D eigenvalue weighted by Gasteiger charge is 2.14. The Kier molecular flexibility index (Phi) is 5.21. The quantitative estimate of drug-likeness (QED) is 0.568. The van der Waals surface area contributed by atoms with E-state index >= 15 is 0 Å². The standard InChI is InChI=1S/C17H24/c1-6-10-16(14(5)7-2)17-12-9-8-11-15(17)13(3)4/h6-8,10-11,13H,2,9,12H2,1,3-5H3/b10-6-,16-14+. The van der Waals surface area contributed by atoms with Gasteiger partial charge in [0.2, 0.25) is 0 Å². The highest BCUT2D eigenvalue weighted by atomic mass is 14.2. The van der Waals surface area contributed by atoms with Gasteiger partial charge in [-0.3, -0.25) is 0 Å². The Morgan fingerprint density at radius 3 is 2.65 bits per heavy atom. The highest BCUT2D eigenvalue weighted by Crippen LogP contribution is 2.32. The average molecular weight is 228 g/mol. The molecule has 17 heavy (non-hydrogen) atoms. The lowest BCUT2D eigenvalue weighted by molar-refractivity contribution is 0.758. The summed E-state index contributed by atoms with van der Waals surface area (Å²) in [6.07, 6.45) is 13.2. The monoisotopic (exact) mass is 228 g/mol. The molecule has 92 valence electrons. The third kappa shape index (κ3) is 3.33. The van der Waals surface area contributed by atoms with Crippen molar-refractivity contribution in [2.45, 2.75) is 40.5 Å². The fourth-order valence-electron chi connectivity index (χ4n) is 2.26. The van der Waals surface area contributed by atoms with Crippen LogP contribution in [0.5, 0.6) is 0 Å². The maximum atomic E-state index is 3.90. The molecule has 0 saturated carbocycles. The SMILES string of the molecule is C=C/C(C)=C(\C=C/C)C1=C(C(C)C)C=CCC1. The largest absolute Gasteiger partial charge is 0.0988 e. The predicted molar refractivity (Wildman–Crippen MR) is 77.9 cm³/mol. The Hall–Kier alpha value is -1.30. The van der Waals surface area contributed by atoms with Gasteiger partial charge in [0.15, 0.2) is 0 Å². The minimum Gasteiger partial charge on any atom is -0.0988 e. The Balaban J connectivity index is 3.34. The van der Waals surface area contributed by atoms with Gasteiger partial charge >= 0.3 is 0 Å². The number of hydrogen-bond donors (Lipinski definition) is 0. The van der Waals surface area contributed by atoms with E-state index in [2.05, 4.69) is 58.6 Å². The van der Waals surface area contributed by atoms with E-state index in [-0.39, 0.29) is 0 Å². The van der Waals surface area contributed by atoms with Crippen molar-refractivity contribution in [3.05, 3.63) is 59.3 Å². The molecule has 0 fully saturated rings. The van der Waals surface area contributed by atoms with Gasteiger partial charge in [-0.05, 0) is 54.9 Å². The summed E-state index contributed by atoms with van der Waals surface area (Å²) < 4.78 is 0. The molecular formula is C17H24. The van der Waals surface area contributed by atoms with Crippen LogP contribution in [-0.4, -0.2) is 0 Å². The van der Waals surface area contributed by atoms with Gasteiger partial charge in [-0.1, -0.05) is 50.8 Å². The van der Waals surface area contributed by atoms with Crippen LogP contribution in [0.4, 0.5) is 0 Å². The molecule has 0 heterocycles. The minimum absolute atomic E-state index is 0.583. The molecule has 0 aromatic carbocycles. The third-order valence-electron chi connectivity index (χ3n) is 3.22. The van der Waals surface area contributed by atoms with Gasteiger partial charge in [0.25, 0.3) is 0 Å². The van der Waals surface area contributed by atoms with Crippen molar-refractivity contribution >= 4 is 0 Å². The molecule has 0 nitrogen and oxygen atoms in total. The first-order valence-electron chi connectivity index (χ1n) is 6.47. The molecule has 0 heteroatoms. The van der Waals surface area contributed by atoms with Gasteiger partial charge in [-0.25, -0.2) is 0 Å². The van der Waals surface area contributed by atoms with Gasteiger partial charge < -0.3 is 0 Å². The molecule has 0 bridgehead atoms. The summed E-state index contributed by atoms with van der Waals surface area (Å²) in [6.45, 7) is 12.6. The van der Waals surface area contributed by atoms with Gasteiger partial charge in [0.1, 0.15) is 0 Å². The van der Waals surface area contributed by atoms with E-state index in [1.165, 1.54) is 22.3 Å². The van der Waals surface area contributed by atoms with E-state index in [1.54, 1.807) is 0 Å². The lowest BCUT2D eigenvalue weighted by atomic mass is 9.84. The maximum Gasteiger partial charge on any atom is -0.0196 e. The molecule has 0 radical (unpaired) electrons. The number of hydrogen-bond acceptors (Lipinski definition) is 0. The van der Waals surface area contributed by atoms with Gasteiger partial charge in [0.05, 0.1) is 0 Å². The van der Waals surface area contributed by atoms with E-state index in [0.717, 1.165) is 12.8 Å². The van der Waals surface area contributed by atoms with Gasteiger partial charge in [0, 0.05) is 0 Å². The molecule has 0 unspecified atom stereocenters. The Morgan fingerprint density at radius 2 is 2.12 bits per heavy atom. The molecule has 0 atom stereocenters. The van der Waals surface area contributed by atoms with Crippen molar-refractivity contribution in [3.8, 4) is 0 Å². The highest BCUT2D eigenvalue weighted by molar-refractivity contribution is 5.52. The van der Waals surface area contributed by atoms with Gasteiger partial charge in [-0.2, -0.15) is 0 Å². The molecule has 0 N–H and O–H groups in total. The zero-order valence-corrected chi connectivity index (χ0v) is 11.6. The fourth-order valence-corrected chi connectivity index (χ4v) is 2.26. The molecule has 1 aliphatic rings. The van der Waals surface area contributed by atoms with Crippen molar-refractivity contribution in [2.24, 2.45) is 5.92 Å². The summed E-state index contributed by atoms with van der Waals surface area (Å²) in [5, 5.41) is 0. The van der Waals surface area contributed by atoms with Crippen LogP contribution in [0.15, 0.2) is 59.3 Å². The first-order valence-corrected chi connectivity index (χ1v) is 6.47. The van der Waals surface area contributed by atoms with Gasteiger partial charge in [-0.15, -0.1) is 0 Å². The summed E-state index contributed by atoms with van der Waals surface area (Å²) in [4.78, 5) is 0. The summed E-state index contributed by atoms with van der Waals surface area (Å²) in [5.41, 5.74) is 5.60. The van der Waals surface area contributed by atoms with Crippen molar-refractivity contribution in [2.75, 3.05) is 0 Å². The Bertz CT molecular complexity index is 398. The topological polar surface area (TPSA) is 0 Å². The molecular weight excluding hydrogens is 204 g/mol. The normalized spacial score (nSPS) is 17.9. The van der Waals surface area contributed by atoms with Crippen LogP contribution in [0.2, 0.25) is 0 Å². The molecule has 0 aromatic heterocycles. The van der Waals surface area contributed by atoms with E-state index in [1.807, 2.05) is 6.08 Å². The molecule has 1 aliphatic carbocycles. The summed E-state index contributed by atoms with van der Waals surface area (Å²) in [6, 6.07) is 0. The van der Waals surface area contributed by atoms with E-state index in [0.29, 0.717) is 5.92 Å². The third-order valence-corrected chi connectivity index (χ3v) is 3.22. The van der Waals surface area contributed by atoms with Crippen molar-refractivity contribution in [3.63, 3.8) is 0 Å². The van der Waals surface area contributed by atoms with E-state index < -0.39 is 0 Å². The number of allylic oxidation sites excluding steroid dienone is 9. The van der Waals surface area contributed by atoms with Crippen LogP contribution >= 0.6 is 0 Å². The molecule has 0 saturated heterocycles. The van der Waals surface area contributed by atoms with Crippen LogP contribution in [0.25, 0.3) is 0 Å². The van der Waals surface area contributed by atoms with Crippen molar-refractivity contribution < 1.29 is 0 Å². The minimum atomic E-state index is 0.583. The molecule has 0 spiro atoms. The molecule has 1 rings (SSSR count). The molecule has 0 amide bonds. The summed E-state index contributed by atoms with van der Waals surface area (Å²) in [5.74, 6) is 0.583. The smallest absolute Gasteiger partial charge is 0.0196 e. The van der Waals surface area contributed by atoms with Crippen LogP contribution < -0.4 is 0 Å². The lowest BCUT2D eigenvalue weighted by Crippen LogP contribution is -2.04. The Morgan fingerprint density at radius 1 is 1.41 bits per heavy atom. The van der Waals surface area contributed by atoms with Crippen molar-refractivity contribution in [1.29, 1.82) is 0 Å². The van der Waals surface area contributed by atoms with Crippen LogP contribution in [0.3, 0.4) is 0 Å². The van der Waals surface area contributed by atoms with Crippen LogP contribution in [0, 0.1) is 5.92 Å². The van der Waals surface area contributed by atoms with E-state index in [4.69, 9.17) is 0 Å². The maximum absolute atomic E-state index is 3.90. The lowest BCUT2D eigenvalue weighted by Gasteiger charge is -2.21. The molecule has 0 aliphatic heterocycles. The van der Waals surface area contributed by atoms with Crippen molar-refractivity contribution in [1.82, 2.24) is 0 Å². The summed E-state index contributed by atoms with van der Waals surface area (Å²) in [7, 11) is 0. The second kappa shape index (κ2) is 6.44. The second-order valence-corrected chi connectivity index (χ2v) is 4.83. The average Bonchev–Trinajstić information content (AvgIpc) is 2.35. The molecule has 0 aromatic rings. The second-order valence-electron chi connectivity index (χ2n) is 4.83. The first-order chi connectivity index (χ1) is 8.11. The van der Waals surface area contributed by atoms with Crippen LogP contribution in [-0.2, 0) is 0 Å². The zero-order valence-electron chi connectivity index (χ0n) is 11.6. The fraction of sp³-hybridized carbons (Fsp3) is 0.412. The first kappa shape index (κ1) is 13.8. The predicted octanol–water partition coefficient (Wildman–Crippen LogP) is 5.37. The van der Waals surface area contributed by atoms with E-state index in [9.17, 15) is 0 Å².